The summed E-state index contributed by atoms with van der Waals surface area (Å²) in [6.07, 6.45) is -0.137. The summed E-state index contributed by atoms with van der Waals surface area (Å²) >= 11 is 1.55. The fourth-order valence-electron chi connectivity index (χ4n) is 9.97. The second-order valence-corrected chi connectivity index (χ2v) is 18.8. The molecule has 354 valence electrons. The van der Waals surface area contributed by atoms with Crippen LogP contribution in [0.2, 0.25) is 0 Å². The molecule has 2 atom stereocenters. The molecule has 0 heterocycles. The predicted molar refractivity (Wildman–Crippen MR) is 277 cm³/mol. The molecule has 11 heteroatoms. The second-order valence-electron chi connectivity index (χ2n) is 17.5. The number of hydrogen-bond acceptors (Lipinski definition) is 7. The maximum Gasteiger partial charge on any atom is 0.407 e. The molecule has 0 aromatic heterocycles. The van der Waals surface area contributed by atoms with Crippen molar-refractivity contribution in [2.45, 2.75) is 47.9 Å². The van der Waals surface area contributed by atoms with Crippen molar-refractivity contribution in [1.29, 1.82) is 0 Å². The Bertz CT molecular complexity index is 2750. The number of hydrogen-bond donors (Lipinski definition) is 4. The summed E-state index contributed by atoms with van der Waals surface area (Å²) < 4.78 is 10.9. The average molecular weight is 949 g/mol. The lowest BCUT2D eigenvalue weighted by atomic mass is 9.84. The lowest BCUT2D eigenvalue weighted by Crippen LogP contribution is -2.54. The van der Waals surface area contributed by atoms with Crippen molar-refractivity contribution in [1.82, 2.24) is 21.3 Å². The first-order valence-electron chi connectivity index (χ1n) is 23.9. The number of ether oxygens (including phenoxy) is 2. The van der Waals surface area contributed by atoms with Gasteiger partial charge >= 0.3 is 12.2 Å². The molecule has 0 spiro atoms. The van der Waals surface area contributed by atoms with E-state index in [0.29, 0.717) is 12.8 Å². The van der Waals surface area contributed by atoms with Gasteiger partial charge in [0.05, 0.1) is 4.75 Å². The lowest BCUT2D eigenvalue weighted by molar-refractivity contribution is -0.129. The molecule has 0 fully saturated rings. The van der Waals surface area contributed by atoms with Crippen molar-refractivity contribution in [2.75, 3.05) is 32.6 Å². The molecule has 0 radical (unpaired) electrons. The molecule has 4 N–H and O–H groups in total. The third-order valence-corrected chi connectivity index (χ3v) is 15.0. The summed E-state index contributed by atoms with van der Waals surface area (Å²) in [7, 11) is 1.54. The highest BCUT2D eigenvalue weighted by molar-refractivity contribution is 8.00. The molecule has 0 aliphatic heterocycles. The summed E-state index contributed by atoms with van der Waals surface area (Å²) in [4.78, 5) is 55.1. The first-order chi connectivity index (χ1) is 34.4. The zero-order chi connectivity index (χ0) is 48.3. The quantitative estimate of drug-likeness (QED) is 0.0468. The fraction of sp³-hybridized carbons (Fsp3) is 0.220. The van der Waals surface area contributed by atoms with E-state index in [1.54, 1.807) is 18.8 Å². The van der Waals surface area contributed by atoms with E-state index in [4.69, 9.17) is 9.47 Å². The van der Waals surface area contributed by atoms with E-state index in [1.807, 2.05) is 115 Å². The van der Waals surface area contributed by atoms with E-state index >= 15 is 0 Å². The van der Waals surface area contributed by atoms with Gasteiger partial charge in [-0.1, -0.05) is 188 Å². The second kappa shape index (κ2) is 22.2. The molecule has 0 saturated heterocycles. The summed E-state index contributed by atoms with van der Waals surface area (Å²) in [6.45, 7) is 0.546. The van der Waals surface area contributed by atoms with Gasteiger partial charge in [-0.15, -0.1) is 11.8 Å². The Balaban J connectivity index is 0.885. The molecule has 2 aliphatic carbocycles. The van der Waals surface area contributed by atoms with Crippen LogP contribution in [0.5, 0.6) is 0 Å². The van der Waals surface area contributed by atoms with Crippen molar-refractivity contribution in [3.63, 3.8) is 0 Å². The molecule has 9 rings (SSSR count). The molecule has 0 saturated carbocycles. The predicted octanol–water partition coefficient (Wildman–Crippen LogP) is 10.6. The van der Waals surface area contributed by atoms with Crippen LogP contribution in [0.3, 0.4) is 0 Å². The molecular weight excluding hydrogens is 893 g/mol. The number of amides is 4. The van der Waals surface area contributed by atoms with Crippen molar-refractivity contribution >= 4 is 35.8 Å². The minimum absolute atomic E-state index is 0.0649. The third-order valence-electron chi connectivity index (χ3n) is 13.4. The Labute approximate surface area is 413 Å². The zero-order valence-corrected chi connectivity index (χ0v) is 39.8. The molecule has 7 aromatic rings. The topological polar surface area (TPSA) is 135 Å². The molecule has 7 aromatic carbocycles. The normalized spacial score (nSPS) is 13.4. The summed E-state index contributed by atoms with van der Waals surface area (Å²) in [5, 5.41) is 11.5. The van der Waals surface area contributed by atoms with E-state index in [9.17, 15) is 19.2 Å². The Hall–Kier alpha value is -7.63. The number of thioether (sulfide) groups is 1. The molecule has 4 amide bonds. The van der Waals surface area contributed by atoms with E-state index < -0.39 is 34.9 Å². The van der Waals surface area contributed by atoms with Crippen molar-refractivity contribution < 1.29 is 28.7 Å². The SMILES string of the molecule is CNC(=O)C(CSC(c1ccccc1)(c1ccccc1)c1ccccc1)NC(=O)C(CCCCNC(=O)OCC1c2ccccc2-c2ccccc21)NC(=O)OCC1c2ccccc2-c2ccccc21. The van der Waals surface area contributed by atoms with Gasteiger partial charge in [0.25, 0.3) is 0 Å². The summed E-state index contributed by atoms with van der Waals surface area (Å²) in [5.74, 6) is -0.965. The monoisotopic (exact) mass is 948 g/mol. The van der Waals surface area contributed by atoms with Crippen LogP contribution in [-0.4, -0.2) is 68.6 Å². The van der Waals surface area contributed by atoms with Crippen LogP contribution in [0.15, 0.2) is 188 Å². The summed E-state index contributed by atoms with van der Waals surface area (Å²) in [5.41, 5.74) is 11.9. The standard InChI is InChI=1S/C59H56N4O6S/c1-60-55(64)54(39-70-59(40-21-5-2-6-22-40,41-23-7-3-8-24-41)42-25-9-4-10-26-42)62-56(65)53(63-58(67)69-38-52-49-33-17-13-29-45(49)46-30-14-18-34-50(46)52)35-19-20-36-61-57(66)68-37-51-47-31-15-11-27-43(47)44-28-12-16-32-48(44)51/h2-18,21-34,51-54H,19-20,35-39H2,1H3,(H,60,64)(H,61,66)(H,62,65)(H,63,67). The molecule has 70 heavy (non-hydrogen) atoms. The number of fused-ring (bicyclic) bond motifs is 6. The van der Waals surface area contributed by atoms with Gasteiger partial charge in [-0.25, -0.2) is 9.59 Å². The highest BCUT2D eigenvalue weighted by atomic mass is 32.2. The maximum atomic E-state index is 14.5. The van der Waals surface area contributed by atoms with Crippen LogP contribution >= 0.6 is 11.8 Å². The van der Waals surface area contributed by atoms with E-state index in [1.165, 1.54) is 0 Å². The van der Waals surface area contributed by atoms with E-state index in [-0.39, 0.29) is 49.7 Å². The van der Waals surface area contributed by atoms with Gasteiger partial charge in [0.1, 0.15) is 25.3 Å². The first-order valence-corrected chi connectivity index (χ1v) is 24.9. The van der Waals surface area contributed by atoms with Crippen LogP contribution in [-0.2, 0) is 23.8 Å². The number of benzene rings is 7. The van der Waals surface area contributed by atoms with Crippen LogP contribution in [0.25, 0.3) is 22.3 Å². The van der Waals surface area contributed by atoms with E-state index in [0.717, 1.165) is 61.2 Å². The van der Waals surface area contributed by atoms with Crippen LogP contribution in [0, 0.1) is 0 Å². The fourth-order valence-corrected chi connectivity index (χ4v) is 11.5. The third kappa shape index (κ3) is 10.2. The van der Waals surface area contributed by atoms with Gasteiger partial charge in [0, 0.05) is 31.2 Å². The minimum atomic E-state index is -1.07. The van der Waals surface area contributed by atoms with Gasteiger partial charge in [-0.05, 0) is 80.5 Å². The molecule has 2 unspecified atom stereocenters. The highest BCUT2D eigenvalue weighted by Crippen LogP contribution is 2.49. The smallest absolute Gasteiger partial charge is 0.407 e. The number of likely N-dealkylation sites (N-methyl/N-ethyl adjacent to an activating group) is 1. The largest absolute Gasteiger partial charge is 0.449 e. The number of unbranched alkanes of at least 4 members (excludes halogenated alkanes) is 1. The minimum Gasteiger partial charge on any atom is -0.449 e. The number of rotatable bonds is 19. The Kier molecular flexibility index (Phi) is 15.0. The van der Waals surface area contributed by atoms with Crippen molar-refractivity contribution in [3.05, 3.63) is 227 Å². The molecule has 10 nitrogen and oxygen atoms in total. The summed E-state index contributed by atoms with van der Waals surface area (Å²) in [6, 6.07) is 60.9. The van der Waals surface area contributed by atoms with Crippen molar-refractivity contribution in [2.24, 2.45) is 0 Å². The van der Waals surface area contributed by atoms with Gasteiger partial charge in [-0.2, -0.15) is 0 Å². The first kappa shape index (κ1) is 47.4. The van der Waals surface area contributed by atoms with Gasteiger partial charge < -0.3 is 30.7 Å². The van der Waals surface area contributed by atoms with Gasteiger partial charge in [0.15, 0.2) is 0 Å². The Morgan fingerprint density at radius 1 is 0.486 bits per heavy atom. The van der Waals surface area contributed by atoms with Crippen LogP contribution in [0.4, 0.5) is 9.59 Å². The lowest BCUT2D eigenvalue weighted by Gasteiger charge is -2.36. The Morgan fingerprint density at radius 2 is 0.886 bits per heavy atom. The molecule has 0 bridgehead atoms. The zero-order valence-electron chi connectivity index (χ0n) is 39.0. The van der Waals surface area contributed by atoms with Crippen LogP contribution in [0.1, 0.15) is 70.0 Å². The van der Waals surface area contributed by atoms with Gasteiger partial charge in [-0.3, -0.25) is 9.59 Å². The number of carbonyl (C=O) groups is 4. The van der Waals surface area contributed by atoms with Gasteiger partial charge in [0.2, 0.25) is 11.8 Å². The molecular formula is C59H56N4O6S. The number of carbonyl (C=O) groups excluding carboxylic acids is 4. The molecule has 2 aliphatic rings. The van der Waals surface area contributed by atoms with Crippen molar-refractivity contribution in [3.8, 4) is 22.3 Å². The average Bonchev–Trinajstić information content (AvgIpc) is 3.91. The van der Waals surface area contributed by atoms with Crippen LogP contribution < -0.4 is 21.3 Å². The van der Waals surface area contributed by atoms with E-state index in [2.05, 4.69) is 94.1 Å². The highest BCUT2D eigenvalue weighted by Gasteiger charge is 2.39. The maximum absolute atomic E-state index is 14.5. The number of nitrogens with one attached hydrogen (secondary N) is 4. The Morgan fingerprint density at radius 3 is 1.31 bits per heavy atom. The number of alkyl carbamates (subject to hydrolysis) is 2.